The number of nitrogen functional groups attached to an aromatic ring is 1. The molecule has 0 saturated carbocycles. The summed E-state index contributed by atoms with van der Waals surface area (Å²) in [6, 6.07) is 22.1. The normalized spacial score (nSPS) is 12.2. The molecule has 178 valence electrons. The van der Waals surface area contributed by atoms with Crippen LogP contribution in [-0.4, -0.2) is 17.6 Å². The largest absolute Gasteiger partial charge is 0.458 e. The van der Waals surface area contributed by atoms with Gasteiger partial charge in [-0.15, -0.1) is 5.10 Å². The number of benzene rings is 3. The van der Waals surface area contributed by atoms with Crippen LogP contribution in [0.5, 0.6) is 0 Å². The van der Waals surface area contributed by atoms with E-state index in [2.05, 4.69) is 34.1 Å². The second kappa shape index (κ2) is 10.8. The zero-order valence-electron chi connectivity index (χ0n) is 19.0. The zero-order chi connectivity index (χ0) is 24.8. The van der Waals surface area contributed by atoms with Crippen LogP contribution in [0.15, 0.2) is 100 Å². The van der Waals surface area contributed by atoms with Crippen LogP contribution in [0.4, 0.5) is 17.1 Å². The predicted octanol–water partition coefficient (Wildman–Crippen LogP) is 5.77. The van der Waals surface area contributed by atoms with Gasteiger partial charge in [0, 0.05) is 22.8 Å². The summed E-state index contributed by atoms with van der Waals surface area (Å²) in [5, 5.41) is 17.5. The summed E-state index contributed by atoms with van der Waals surface area (Å²) in [6.45, 7) is 7.50. The molecule has 4 rings (SSSR count). The predicted molar refractivity (Wildman–Crippen MR) is 145 cm³/mol. The van der Waals surface area contributed by atoms with Crippen molar-refractivity contribution >= 4 is 52.2 Å². The van der Waals surface area contributed by atoms with Crippen LogP contribution >= 0.6 is 11.6 Å². The topological polar surface area (TPSA) is 117 Å². The van der Waals surface area contributed by atoms with Gasteiger partial charge in [-0.3, -0.25) is 5.01 Å². The molecule has 0 fully saturated rings. The van der Waals surface area contributed by atoms with Gasteiger partial charge in [0.1, 0.15) is 17.4 Å². The highest BCUT2D eigenvalue weighted by atomic mass is 35.5. The van der Waals surface area contributed by atoms with E-state index in [4.69, 9.17) is 27.6 Å². The summed E-state index contributed by atoms with van der Waals surface area (Å²) in [6.07, 6.45) is 1.57. The highest BCUT2D eigenvalue weighted by Gasteiger charge is 2.27. The number of nitrogens with two attached hydrogens (primary N) is 2. The van der Waals surface area contributed by atoms with E-state index >= 15 is 0 Å². The lowest BCUT2D eigenvalue weighted by atomic mass is 10.1. The first-order chi connectivity index (χ1) is 17.0. The first-order valence-electron chi connectivity index (χ1n) is 10.8. The molecule has 1 aromatic heterocycles. The second-order valence-electron chi connectivity index (χ2n) is 7.73. The Morgan fingerprint density at radius 1 is 1.11 bits per heavy atom. The number of hydrogen-bond donors (Lipinski definition) is 4. The Bertz CT molecular complexity index is 1350. The van der Waals surface area contributed by atoms with Crippen LogP contribution in [0.2, 0.25) is 5.02 Å². The van der Waals surface area contributed by atoms with Gasteiger partial charge in [0.05, 0.1) is 17.9 Å². The average Bonchev–Trinajstić information content (AvgIpc) is 3.28. The average molecular weight is 488 g/mol. The van der Waals surface area contributed by atoms with Crippen LogP contribution in [0.25, 0.3) is 11.0 Å². The molecule has 1 heterocycles. The van der Waals surface area contributed by atoms with Crippen LogP contribution in [0.3, 0.4) is 0 Å². The molecule has 0 bridgehead atoms. The van der Waals surface area contributed by atoms with Gasteiger partial charge in [-0.25, -0.2) is 5.84 Å². The quantitative estimate of drug-likeness (QED) is 0.0782. The highest BCUT2D eigenvalue weighted by Crippen LogP contribution is 2.31. The molecular formula is C26H26ClN7O. The molecule has 0 aliphatic heterocycles. The van der Waals surface area contributed by atoms with Crippen molar-refractivity contribution < 1.29 is 4.42 Å². The van der Waals surface area contributed by atoms with Crippen molar-refractivity contribution in [3.05, 3.63) is 102 Å². The van der Waals surface area contributed by atoms with E-state index in [0.717, 1.165) is 27.9 Å². The fraction of sp³-hybridized carbons (Fsp3) is 0.0769. The SMILES string of the molecule is C=CNc1ccc(NC(/C(=N/N=C)N(N)Cc2ccccc2Cl)c2cc3ccccc3o2)cc1N. The van der Waals surface area contributed by atoms with Gasteiger partial charge in [0.2, 0.25) is 0 Å². The summed E-state index contributed by atoms with van der Waals surface area (Å²) in [4.78, 5) is 0. The molecule has 9 heteroatoms. The van der Waals surface area contributed by atoms with Gasteiger partial charge in [-0.05, 0) is 48.2 Å². The Kier molecular flexibility index (Phi) is 7.35. The number of fused-ring (bicyclic) bond motifs is 1. The number of furan rings is 1. The fourth-order valence-corrected chi connectivity index (χ4v) is 3.91. The molecule has 0 radical (unpaired) electrons. The maximum Gasteiger partial charge on any atom is 0.172 e. The summed E-state index contributed by atoms with van der Waals surface area (Å²) in [7, 11) is 0. The number of amidine groups is 1. The molecule has 0 amide bonds. The number of nitrogens with one attached hydrogen (secondary N) is 2. The minimum absolute atomic E-state index is 0.288. The number of hydrazine groups is 1. The van der Waals surface area contributed by atoms with Crippen molar-refractivity contribution in [3.8, 4) is 0 Å². The number of rotatable bonds is 9. The monoisotopic (exact) mass is 487 g/mol. The second-order valence-corrected chi connectivity index (χ2v) is 8.14. The first-order valence-corrected chi connectivity index (χ1v) is 11.2. The Morgan fingerprint density at radius 3 is 2.60 bits per heavy atom. The molecule has 0 aliphatic carbocycles. The molecular weight excluding hydrogens is 462 g/mol. The third-order valence-corrected chi connectivity index (χ3v) is 5.74. The molecule has 8 nitrogen and oxygen atoms in total. The number of halogens is 1. The Hall–Kier alpha value is -4.27. The molecule has 0 aliphatic rings. The van der Waals surface area contributed by atoms with E-state index in [1.54, 1.807) is 12.3 Å². The summed E-state index contributed by atoms with van der Waals surface area (Å²) >= 11 is 6.37. The first kappa shape index (κ1) is 23.9. The van der Waals surface area contributed by atoms with Gasteiger partial charge >= 0.3 is 0 Å². The fourth-order valence-electron chi connectivity index (χ4n) is 3.71. The van der Waals surface area contributed by atoms with Crippen molar-refractivity contribution in [1.29, 1.82) is 0 Å². The van der Waals surface area contributed by atoms with Crippen molar-refractivity contribution in [2.45, 2.75) is 12.6 Å². The van der Waals surface area contributed by atoms with Crippen molar-refractivity contribution in [2.24, 2.45) is 16.0 Å². The van der Waals surface area contributed by atoms with Gasteiger partial charge in [0.25, 0.3) is 0 Å². The van der Waals surface area contributed by atoms with Crippen LogP contribution in [-0.2, 0) is 6.54 Å². The van der Waals surface area contributed by atoms with Crippen molar-refractivity contribution in [2.75, 3.05) is 16.4 Å². The Morgan fingerprint density at radius 2 is 1.89 bits per heavy atom. The maximum atomic E-state index is 6.51. The molecule has 4 aromatic rings. The molecule has 1 atom stereocenters. The van der Waals surface area contributed by atoms with E-state index in [1.165, 1.54) is 5.01 Å². The lowest BCUT2D eigenvalue weighted by Crippen LogP contribution is -2.42. The number of para-hydroxylation sites is 1. The van der Waals surface area contributed by atoms with Crippen LogP contribution in [0.1, 0.15) is 17.4 Å². The Balaban J connectivity index is 1.74. The molecule has 0 spiro atoms. The highest BCUT2D eigenvalue weighted by molar-refractivity contribution is 6.31. The minimum atomic E-state index is -0.613. The maximum absolute atomic E-state index is 6.51. The van der Waals surface area contributed by atoms with Gasteiger partial charge in [0.15, 0.2) is 5.84 Å². The van der Waals surface area contributed by atoms with E-state index in [1.807, 2.05) is 66.7 Å². The number of nitrogens with zero attached hydrogens (tertiary/aromatic N) is 3. The lowest BCUT2D eigenvalue weighted by Gasteiger charge is -2.27. The van der Waals surface area contributed by atoms with Gasteiger partial charge in [-0.2, -0.15) is 5.10 Å². The van der Waals surface area contributed by atoms with E-state index < -0.39 is 6.04 Å². The van der Waals surface area contributed by atoms with Crippen LogP contribution in [0, 0.1) is 0 Å². The van der Waals surface area contributed by atoms with Gasteiger partial charge in [-0.1, -0.05) is 54.6 Å². The van der Waals surface area contributed by atoms with Crippen LogP contribution < -0.4 is 22.2 Å². The summed E-state index contributed by atoms with van der Waals surface area (Å²) in [5.74, 6) is 7.49. The smallest absolute Gasteiger partial charge is 0.172 e. The molecule has 0 saturated heterocycles. The standard InChI is InChI=1S/C26H26ClN7O/c1-3-31-22-13-12-19(15-21(22)28)32-25(24-14-17-8-5-7-11-23(17)35-24)26(33-30-2)34(29)16-18-9-4-6-10-20(18)27/h3-15,25,31-32H,1-2,16,28-29H2/b33-26-. The van der Waals surface area contributed by atoms with Crippen molar-refractivity contribution in [1.82, 2.24) is 5.01 Å². The third kappa shape index (κ3) is 5.46. The van der Waals surface area contributed by atoms with E-state index in [-0.39, 0.29) is 6.54 Å². The molecule has 1 unspecified atom stereocenters. The van der Waals surface area contributed by atoms with E-state index in [0.29, 0.717) is 22.3 Å². The Labute approximate surface area is 208 Å². The summed E-state index contributed by atoms with van der Waals surface area (Å²) < 4.78 is 6.18. The molecule has 35 heavy (non-hydrogen) atoms. The number of hydrogen-bond acceptors (Lipinski definition) is 7. The van der Waals surface area contributed by atoms with Gasteiger partial charge < -0.3 is 20.8 Å². The minimum Gasteiger partial charge on any atom is -0.458 e. The molecule has 6 N–H and O–H groups in total. The third-order valence-electron chi connectivity index (χ3n) is 5.37. The molecule has 3 aromatic carbocycles. The lowest BCUT2D eigenvalue weighted by molar-refractivity contribution is 0.410. The van der Waals surface area contributed by atoms with Crippen molar-refractivity contribution in [3.63, 3.8) is 0 Å². The number of anilines is 3. The summed E-state index contributed by atoms with van der Waals surface area (Å²) in [5.41, 5.74) is 9.80. The van der Waals surface area contributed by atoms with E-state index in [9.17, 15) is 0 Å². The zero-order valence-corrected chi connectivity index (χ0v) is 19.7.